The van der Waals surface area contributed by atoms with Gasteiger partial charge in [0.1, 0.15) is 0 Å². The zero-order valence-corrected chi connectivity index (χ0v) is 17.0. The van der Waals surface area contributed by atoms with Gasteiger partial charge < -0.3 is 5.32 Å². The lowest BCUT2D eigenvalue weighted by Gasteiger charge is -2.18. The Labute approximate surface area is 168 Å². The highest BCUT2D eigenvalue weighted by molar-refractivity contribution is 7.93. The topological polar surface area (TPSA) is 66.5 Å². The summed E-state index contributed by atoms with van der Waals surface area (Å²) in [6.07, 6.45) is 0.554. The fraction of sp³-hybridized carbons (Fsp3) is 0.211. The van der Waals surface area contributed by atoms with Crippen LogP contribution in [-0.2, 0) is 10.0 Å². The van der Waals surface area contributed by atoms with Gasteiger partial charge >= 0.3 is 0 Å². The molecule has 8 heteroatoms. The average molecular weight is 425 g/mol. The Morgan fingerprint density at radius 3 is 2.56 bits per heavy atom. The van der Waals surface area contributed by atoms with Crippen LogP contribution in [0.25, 0.3) is 5.57 Å². The molecule has 27 heavy (non-hydrogen) atoms. The van der Waals surface area contributed by atoms with Gasteiger partial charge in [-0.05, 0) is 55.3 Å². The molecule has 142 valence electrons. The summed E-state index contributed by atoms with van der Waals surface area (Å²) in [5.41, 5.74) is 2.73. The summed E-state index contributed by atoms with van der Waals surface area (Å²) in [6.45, 7) is 6.10. The van der Waals surface area contributed by atoms with Crippen LogP contribution in [0.4, 0.5) is 11.4 Å². The summed E-state index contributed by atoms with van der Waals surface area (Å²) < 4.78 is 25.6. The van der Waals surface area contributed by atoms with E-state index in [1.165, 1.54) is 16.4 Å². The van der Waals surface area contributed by atoms with E-state index in [2.05, 4.69) is 11.9 Å². The van der Waals surface area contributed by atoms with E-state index in [9.17, 15) is 13.2 Å². The van der Waals surface area contributed by atoms with Crippen LogP contribution in [0.15, 0.2) is 43.0 Å². The van der Waals surface area contributed by atoms with E-state index in [-0.39, 0.29) is 16.3 Å². The fourth-order valence-corrected chi connectivity index (χ4v) is 4.87. The highest BCUT2D eigenvalue weighted by atomic mass is 35.5. The fourth-order valence-electron chi connectivity index (χ4n) is 2.88. The second-order valence-electron chi connectivity index (χ2n) is 6.37. The number of halogens is 2. The number of hydrogen-bond donors (Lipinski definition) is 1. The molecule has 2 aromatic carbocycles. The quantitative estimate of drug-likeness (QED) is 0.764. The molecule has 5 nitrogen and oxygen atoms in total. The Morgan fingerprint density at radius 1 is 1.19 bits per heavy atom. The molecule has 1 heterocycles. The van der Waals surface area contributed by atoms with Crippen molar-refractivity contribution in [1.29, 1.82) is 0 Å². The Morgan fingerprint density at radius 2 is 1.93 bits per heavy atom. The minimum Gasteiger partial charge on any atom is -0.322 e. The average Bonchev–Trinajstić information content (AvgIpc) is 2.94. The van der Waals surface area contributed by atoms with Crippen LogP contribution in [0.2, 0.25) is 10.0 Å². The molecule has 0 unspecified atom stereocenters. The van der Waals surface area contributed by atoms with Crippen molar-refractivity contribution in [2.75, 3.05) is 21.9 Å². The first kappa shape index (κ1) is 19.7. The highest BCUT2D eigenvalue weighted by Crippen LogP contribution is 2.29. The molecular formula is C19H18Cl2N2O3S. The molecule has 1 aliphatic heterocycles. The second kappa shape index (κ2) is 7.54. The molecule has 1 fully saturated rings. The second-order valence-corrected chi connectivity index (χ2v) is 9.23. The lowest BCUT2D eigenvalue weighted by Crippen LogP contribution is -2.25. The molecular weight excluding hydrogens is 407 g/mol. The van der Waals surface area contributed by atoms with Crippen molar-refractivity contribution < 1.29 is 13.2 Å². The van der Waals surface area contributed by atoms with E-state index in [4.69, 9.17) is 23.2 Å². The maximum atomic E-state index is 12.7. The van der Waals surface area contributed by atoms with Gasteiger partial charge in [0.15, 0.2) is 0 Å². The summed E-state index contributed by atoms with van der Waals surface area (Å²) in [5.74, 6) is -0.350. The minimum absolute atomic E-state index is 0.101. The van der Waals surface area contributed by atoms with E-state index < -0.39 is 15.9 Å². The molecule has 1 saturated heterocycles. The summed E-state index contributed by atoms with van der Waals surface area (Å²) in [5, 5.41) is 3.45. The van der Waals surface area contributed by atoms with Crippen molar-refractivity contribution in [3.63, 3.8) is 0 Å². The van der Waals surface area contributed by atoms with Gasteiger partial charge in [0, 0.05) is 17.3 Å². The molecule has 0 atom stereocenters. The van der Waals surface area contributed by atoms with Gasteiger partial charge in [-0.15, -0.1) is 0 Å². The normalized spacial score (nSPS) is 15.6. The van der Waals surface area contributed by atoms with Crippen molar-refractivity contribution >= 4 is 56.1 Å². The molecule has 0 radical (unpaired) electrons. The number of sulfonamides is 1. The van der Waals surface area contributed by atoms with E-state index in [1.807, 2.05) is 6.92 Å². The van der Waals surface area contributed by atoms with Crippen LogP contribution in [0, 0.1) is 0 Å². The van der Waals surface area contributed by atoms with Gasteiger partial charge in [-0.1, -0.05) is 35.4 Å². The van der Waals surface area contributed by atoms with Crippen LogP contribution in [0.5, 0.6) is 0 Å². The number of anilines is 2. The van der Waals surface area contributed by atoms with E-state index in [0.29, 0.717) is 29.4 Å². The maximum absolute atomic E-state index is 12.7. The predicted octanol–water partition coefficient (Wildman–Crippen LogP) is 4.82. The number of allylic oxidation sites excluding steroid dienone is 1. The van der Waals surface area contributed by atoms with E-state index in [1.54, 1.807) is 24.3 Å². The molecule has 0 saturated carbocycles. The van der Waals surface area contributed by atoms with Crippen LogP contribution in [0.3, 0.4) is 0 Å². The molecule has 1 N–H and O–H groups in total. The Hall–Kier alpha value is -2.02. The number of nitrogens with one attached hydrogen (secondary N) is 1. The monoisotopic (exact) mass is 424 g/mol. The Bertz CT molecular complexity index is 1040. The van der Waals surface area contributed by atoms with Crippen molar-refractivity contribution in [1.82, 2.24) is 0 Å². The standard InChI is InChI=1S/C19H18Cl2N2O3S/c1-12(2)13-8-14(20)10-15(9-13)22-19(24)17-11-16(4-5-18(17)21)23-6-3-7-27(23,25)26/h4-5,8-11H,1,3,6-7H2,2H3,(H,22,24). The molecule has 0 spiro atoms. The summed E-state index contributed by atoms with van der Waals surface area (Å²) in [7, 11) is -3.34. The van der Waals surface area contributed by atoms with E-state index in [0.717, 1.165) is 11.1 Å². The zero-order chi connectivity index (χ0) is 19.8. The molecule has 0 aromatic heterocycles. The number of amides is 1. The maximum Gasteiger partial charge on any atom is 0.257 e. The van der Waals surface area contributed by atoms with Gasteiger partial charge in [0.05, 0.1) is 22.0 Å². The van der Waals surface area contributed by atoms with Gasteiger partial charge in [-0.25, -0.2) is 8.42 Å². The third-order valence-corrected chi connectivity index (χ3v) is 6.65. The SMILES string of the molecule is C=C(C)c1cc(Cl)cc(NC(=O)c2cc(N3CCCS3(=O)=O)ccc2Cl)c1. The summed E-state index contributed by atoms with van der Waals surface area (Å²) in [6, 6.07) is 9.75. The third-order valence-electron chi connectivity index (χ3n) is 4.23. The number of carbonyl (C=O) groups excluding carboxylic acids is 1. The Kier molecular flexibility index (Phi) is 5.51. The summed E-state index contributed by atoms with van der Waals surface area (Å²) in [4.78, 5) is 12.7. The van der Waals surface area contributed by atoms with Crippen LogP contribution >= 0.6 is 23.2 Å². The number of hydrogen-bond acceptors (Lipinski definition) is 3. The first-order chi connectivity index (χ1) is 12.7. The Balaban J connectivity index is 1.91. The van der Waals surface area contributed by atoms with Crippen LogP contribution in [0.1, 0.15) is 29.3 Å². The first-order valence-electron chi connectivity index (χ1n) is 8.25. The largest absolute Gasteiger partial charge is 0.322 e. The lowest BCUT2D eigenvalue weighted by atomic mass is 10.1. The van der Waals surface area contributed by atoms with Crippen molar-refractivity contribution in [3.8, 4) is 0 Å². The molecule has 0 bridgehead atoms. The molecule has 3 rings (SSSR count). The highest BCUT2D eigenvalue weighted by Gasteiger charge is 2.29. The van der Waals surface area contributed by atoms with Gasteiger partial charge in [-0.3, -0.25) is 9.10 Å². The molecule has 1 amide bonds. The van der Waals surface area contributed by atoms with Gasteiger partial charge in [-0.2, -0.15) is 0 Å². The number of benzene rings is 2. The van der Waals surface area contributed by atoms with Crippen molar-refractivity contribution in [2.45, 2.75) is 13.3 Å². The molecule has 0 aliphatic carbocycles. The molecule has 1 aliphatic rings. The van der Waals surface area contributed by atoms with Gasteiger partial charge in [0.25, 0.3) is 5.91 Å². The van der Waals surface area contributed by atoms with Crippen molar-refractivity contribution in [2.24, 2.45) is 0 Å². The van der Waals surface area contributed by atoms with E-state index >= 15 is 0 Å². The smallest absolute Gasteiger partial charge is 0.257 e. The zero-order valence-electron chi connectivity index (χ0n) is 14.6. The first-order valence-corrected chi connectivity index (χ1v) is 10.6. The minimum atomic E-state index is -3.34. The third kappa shape index (κ3) is 4.29. The predicted molar refractivity (Wildman–Crippen MR) is 111 cm³/mol. The van der Waals surface area contributed by atoms with Crippen molar-refractivity contribution in [3.05, 3.63) is 64.1 Å². The number of rotatable bonds is 4. The van der Waals surface area contributed by atoms with Crippen LogP contribution < -0.4 is 9.62 Å². The van der Waals surface area contributed by atoms with Gasteiger partial charge in [0.2, 0.25) is 10.0 Å². The number of carbonyl (C=O) groups is 1. The van der Waals surface area contributed by atoms with Crippen LogP contribution in [-0.4, -0.2) is 26.6 Å². The molecule has 2 aromatic rings. The summed E-state index contributed by atoms with van der Waals surface area (Å²) >= 11 is 12.3. The number of nitrogens with zero attached hydrogens (tertiary/aromatic N) is 1. The lowest BCUT2D eigenvalue weighted by molar-refractivity contribution is 0.102.